The standard InChI is InChI=1S/C26H30FN5O2S/c27-22-10-8-21(9-11-22)25-29-30-26(32(25)13-12-31-14-16-34-17-15-31)35-18-23(33)28-24(20-6-7-20)19-4-2-1-3-5-19/h1-5,8-11,20,24H,6-7,12-18H2,(H,28,33). The highest BCUT2D eigenvalue weighted by Gasteiger charge is 2.33. The van der Waals surface area contributed by atoms with Crippen molar-refractivity contribution in [1.29, 1.82) is 0 Å². The van der Waals surface area contributed by atoms with Gasteiger partial charge < -0.3 is 14.6 Å². The molecule has 1 atom stereocenters. The summed E-state index contributed by atoms with van der Waals surface area (Å²) < 4.78 is 21.0. The highest BCUT2D eigenvalue weighted by Crippen LogP contribution is 2.41. The third-order valence-corrected chi connectivity index (χ3v) is 7.43. The Morgan fingerprint density at radius 2 is 1.80 bits per heavy atom. The van der Waals surface area contributed by atoms with Crippen molar-refractivity contribution in [2.75, 3.05) is 38.6 Å². The summed E-state index contributed by atoms with van der Waals surface area (Å²) in [6, 6.07) is 16.5. The topological polar surface area (TPSA) is 72.3 Å². The van der Waals surface area contributed by atoms with E-state index in [2.05, 4.69) is 32.5 Å². The number of nitrogens with zero attached hydrogens (tertiary/aromatic N) is 4. The van der Waals surface area contributed by atoms with Gasteiger partial charge in [0.2, 0.25) is 5.91 Å². The molecule has 1 unspecified atom stereocenters. The maximum Gasteiger partial charge on any atom is 0.230 e. The van der Waals surface area contributed by atoms with E-state index in [9.17, 15) is 9.18 Å². The minimum Gasteiger partial charge on any atom is -0.379 e. The fraction of sp³-hybridized carbons (Fsp3) is 0.423. The van der Waals surface area contributed by atoms with Gasteiger partial charge in [-0.25, -0.2) is 4.39 Å². The molecule has 2 heterocycles. The SMILES string of the molecule is O=C(CSc1nnc(-c2ccc(F)cc2)n1CCN1CCOCC1)NC(c1ccccc1)C1CC1. The molecule has 2 aliphatic rings. The molecule has 1 saturated heterocycles. The van der Waals surface area contributed by atoms with Crippen LogP contribution in [0, 0.1) is 11.7 Å². The Morgan fingerprint density at radius 1 is 1.06 bits per heavy atom. The van der Waals surface area contributed by atoms with Gasteiger partial charge in [0.05, 0.1) is 25.0 Å². The van der Waals surface area contributed by atoms with E-state index in [-0.39, 0.29) is 23.5 Å². The van der Waals surface area contributed by atoms with Crippen molar-refractivity contribution in [3.63, 3.8) is 0 Å². The predicted octanol–water partition coefficient (Wildman–Crippen LogP) is 3.78. The molecular formula is C26H30FN5O2S. The van der Waals surface area contributed by atoms with Crippen molar-refractivity contribution in [2.24, 2.45) is 5.92 Å². The van der Waals surface area contributed by atoms with Gasteiger partial charge in [-0.05, 0) is 48.6 Å². The van der Waals surface area contributed by atoms with Crippen molar-refractivity contribution in [1.82, 2.24) is 25.0 Å². The van der Waals surface area contributed by atoms with Crippen molar-refractivity contribution in [3.8, 4) is 11.4 Å². The van der Waals surface area contributed by atoms with Crippen LogP contribution in [0.1, 0.15) is 24.4 Å². The van der Waals surface area contributed by atoms with Crippen LogP contribution in [0.2, 0.25) is 0 Å². The Bertz CT molecular complexity index is 1110. The summed E-state index contributed by atoms with van der Waals surface area (Å²) in [7, 11) is 0. The Hall–Kier alpha value is -2.75. The zero-order valence-corrected chi connectivity index (χ0v) is 20.4. The molecule has 5 rings (SSSR count). The smallest absolute Gasteiger partial charge is 0.230 e. The van der Waals surface area contributed by atoms with Crippen LogP contribution in [0.25, 0.3) is 11.4 Å². The largest absolute Gasteiger partial charge is 0.379 e. The van der Waals surface area contributed by atoms with E-state index < -0.39 is 0 Å². The predicted molar refractivity (Wildman–Crippen MR) is 133 cm³/mol. The lowest BCUT2D eigenvalue weighted by Gasteiger charge is -2.27. The highest BCUT2D eigenvalue weighted by molar-refractivity contribution is 7.99. The van der Waals surface area contributed by atoms with Crippen molar-refractivity contribution in [2.45, 2.75) is 30.6 Å². The second-order valence-electron chi connectivity index (χ2n) is 9.00. The van der Waals surface area contributed by atoms with Crippen molar-refractivity contribution < 1.29 is 13.9 Å². The minimum absolute atomic E-state index is 0.0122. The first-order valence-electron chi connectivity index (χ1n) is 12.1. The molecule has 1 amide bonds. The van der Waals surface area contributed by atoms with Gasteiger partial charge in [0.25, 0.3) is 0 Å². The molecule has 0 spiro atoms. The molecule has 1 aliphatic heterocycles. The number of nitrogens with one attached hydrogen (secondary N) is 1. The fourth-order valence-electron chi connectivity index (χ4n) is 4.38. The molecule has 1 saturated carbocycles. The maximum absolute atomic E-state index is 13.5. The van der Waals surface area contributed by atoms with E-state index in [1.54, 1.807) is 12.1 Å². The minimum atomic E-state index is -0.289. The maximum atomic E-state index is 13.5. The lowest BCUT2D eigenvalue weighted by molar-refractivity contribution is -0.119. The van der Waals surface area contributed by atoms with E-state index in [0.717, 1.165) is 56.8 Å². The summed E-state index contributed by atoms with van der Waals surface area (Å²) in [6.45, 7) is 4.75. The van der Waals surface area contributed by atoms with Gasteiger partial charge in [0.15, 0.2) is 11.0 Å². The fourth-order valence-corrected chi connectivity index (χ4v) is 5.16. The van der Waals surface area contributed by atoms with Crippen LogP contribution in [0.4, 0.5) is 4.39 Å². The first kappa shape index (κ1) is 24.0. The first-order chi connectivity index (χ1) is 17.2. The molecule has 3 aromatic rings. The van der Waals surface area contributed by atoms with Gasteiger partial charge in [-0.15, -0.1) is 10.2 Å². The number of carbonyl (C=O) groups is 1. The number of hydrogen-bond acceptors (Lipinski definition) is 6. The molecule has 7 nitrogen and oxygen atoms in total. The summed E-state index contributed by atoms with van der Waals surface area (Å²) in [5, 5.41) is 12.7. The van der Waals surface area contributed by atoms with E-state index in [0.29, 0.717) is 23.4 Å². The lowest BCUT2D eigenvalue weighted by atomic mass is 10.0. The van der Waals surface area contributed by atoms with Crippen LogP contribution in [0.3, 0.4) is 0 Å². The molecule has 1 aromatic heterocycles. The first-order valence-corrected chi connectivity index (χ1v) is 13.1. The second kappa shape index (κ2) is 11.3. The molecule has 2 aromatic carbocycles. The normalized spacial score (nSPS) is 17.3. The third kappa shape index (κ3) is 6.28. The molecule has 1 aliphatic carbocycles. The summed E-state index contributed by atoms with van der Waals surface area (Å²) in [5.41, 5.74) is 1.95. The van der Waals surface area contributed by atoms with Gasteiger partial charge >= 0.3 is 0 Å². The number of halogens is 1. The number of rotatable bonds is 10. The summed E-state index contributed by atoms with van der Waals surface area (Å²) >= 11 is 1.39. The number of amides is 1. The molecule has 0 radical (unpaired) electrons. The van der Waals surface area contributed by atoms with Gasteiger partial charge in [-0.2, -0.15) is 0 Å². The summed E-state index contributed by atoms with van der Waals surface area (Å²) in [4.78, 5) is 15.3. The molecule has 1 N–H and O–H groups in total. The Balaban J connectivity index is 1.28. The number of aromatic nitrogens is 3. The third-order valence-electron chi connectivity index (χ3n) is 6.46. The van der Waals surface area contributed by atoms with E-state index >= 15 is 0 Å². The number of hydrogen-bond donors (Lipinski definition) is 1. The molecule has 184 valence electrons. The van der Waals surface area contributed by atoms with Crippen LogP contribution < -0.4 is 5.32 Å². The molecular weight excluding hydrogens is 465 g/mol. The second-order valence-corrected chi connectivity index (χ2v) is 9.94. The monoisotopic (exact) mass is 495 g/mol. The summed E-state index contributed by atoms with van der Waals surface area (Å²) in [5.74, 6) is 1.15. The number of ether oxygens (including phenoxy) is 1. The van der Waals surface area contributed by atoms with Crippen LogP contribution in [0.15, 0.2) is 59.8 Å². The quantitative estimate of drug-likeness (QED) is 0.432. The number of morpholine rings is 1. The highest BCUT2D eigenvalue weighted by atomic mass is 32.2. The average Bonchev–Trinajstić information content (AvgIpc) is 3.66. The van der Waals surface area contributed by atoms with Gasteiger partial charge in [-0.3, -0.25) is 9.69 Å². The molecule has 2 fully saturated rings. The van der Waals surface area contributed by atoms with Crippen LogP contribution >= 0.6 is 11.8 Å². The average molecular weight is 496 g/mol. The number of thioether (sulfide) groups is 1. The Kier molecular flexibility index (Phi) is 7.75. The van der Waals surface area contributed by atoms with Crippen molar-refractivity contribution in [3.05, 3.63) is 66.0 Å². The van der Waals surface area contributed by atoms with Crippen LogP contribution in [-0.4, -0.2) is 64.2 Å². The van der Waals surface area contributed by atoms with Gasteiger partial charge in [0.1, 0.15) is 5.82 Å². The van der Waals surface area contributed by atoms with Gasteiger partial charge in [0, 0.05) is 31.7 Å². The van der Waals surface area contributed by atoms with E-state index in [1.807, 2.05) is 22.8 Å². The molecule has 0 bridgehead atoms. The zero-order valence-electron chi connectivity index (χ0n) is 19.6. The van der Waals surface area contributed by atoms with E-state index in [1.165, 1.54) is 23.9 Å². The lowest BCUT2D eigenvalue weighted by Crippen LogP contribution is -2.38. The molecule has 9 heteroatoms. The van der Waals surface area contributed by atoms with Crippen molar-refractivity contribution >= 4 is 17.7 Å². The number of benzene rings is 2. The van der Waals surface area contributed by atoms with Gasteiger partial charge in [-0.1, -0.05) is 42.1 Å². The zero-order chi connectivity index (χ0) is 24.0. The molecule has 35 heavy (non-hydrogen) atoms. The van der Waals surface area contributed by atoms with Crippen LogP contribution in [0.5, 0.6) is 0 Å². The Labute approximate surface area is 209 Å². The van der Waals surface area contributed by atoms with Crippen LogP contribution in [-0.2, 0) is 16.1 Å². The Morgan fingerprint density at radius 3 is 2.51 bits per heavy atom. The van der Waals surface area contributed by atoms with E-state index in [4.69, 9.17) is 4.74 Å². The summed E-state index contributed by atoms with van der Waals surface area (Å²) in [6.07, 6.45) is 2.29. The number of carbonyl (C=O) groups excluding carboxylic acids is 1.